The third-order valence-corrected chi connectivity index (χ3v) is 5.40. The van der Waals surface area contributed by atoms with Crippen LogP contribution in [-0.4, -0.2) is 29.4 Å². The highest BCUT2D eigenvalue weighted by molar-refractivity contribution is 9.12. The molecule has 2 nitrogen and oxygen atoms in total. The molecule has 0 heterocycles. The molecule has 0 aromatic heterocycles. The molecule has 0 radical (unpaired) electrons. The van der Waals surface area contributed by atoms with Crippen LogP contribution in [0.3, 0.4) is 0 Å². The highest BCUT2D eigenvalue weighted by Crippen LogP contribution is 2.31. The van der Waals surface area contributed by atoms with Gasteiger partial charge in [-0.25, -0.2) is 0 Å². The number of nitrogens with zero attached hydrogens (tertiary/aromatic N) is 1. The predicted molar refractivity (Wildman–Crippen MR) is 85.1 cm³/mol. The summed E-state index contributed by atoms with van der Waals surface area (Å²) in [6.07, 6.45) is 10.0. The summed E-state index contributed by atoms with van der Waals surface area (Å²) in [4.78, 5) is 2.76. The van der Waals surface area contributed by atoms with Gasteiger partial charge in [-0.15, -0.1) is 0 Å². The number of allylic oxidation sites excluding steroid dienone is 2. The van der Waals surface area contributed by atoms with Crippen LogP contribution in [0.1, 0.15) is 38.5 Å². The van der Waals surface area contributed by atoms with E-state index in [1.54, 1.807) is 0 Å². The minimum atomic E-state index is 0.284. The molecule has 0 aliphatic heterocycles. The van der Waals surface area contributed by atoms with Crippen LogP contribution < -0.4 is 5.73 Å². The quantitative estimate of drug-likeness (QED) is 0.755. The zero-order valence-corrected chi connectivity index (χ0v) is 14.1. The van der Waals surface area contributed by atoms with Gasteiger partial charge in [0.1, 0.15) is 0 Å². The summed E-state index contributed by atoms with van der Waals surface area (Å²) in [7, 11) is 2.23. The van der Waals surface area contributed by atoms with Gasteiger partial charge in [-0.1, -0.05) is 51.1 Å². The third-order valence-electron chi connectivity index (χ3n) is 4.03. The van der Waals surface area contributed by atoms with Gasteiger partial charge in [0.15, 0.2) is 0 Å². The minimum Gasteiger partial charge on any atom is -0.401 e. The Morgan fingerprint density at radius 1 is 1.33 bits per heavy atom. The second kappa shape index (κ2) is 6.58. The van der Waals surface area contributed by atoms with Gasteiger partial charge in [-0.2, -0.15) is 0 Å². The summed E-state index contributed by atoms with van der Waals surface area (Å²) >= 11 is 7.25. The SMILES string of the molecule is CN(CC1=C(N)C(Br)CC(Br)=C1)C1CCCCC1. The molecule has 1 fully saturated rings. The topological polar surface area (TPSA) is 29.3 Å². The molecule has 2 N–H and O–H groups in total. The van der Waals surface area contributed by atoms with E-state index in [2.05, 4.69) is 49.9 Å². The van der Waals surface area contributed by atoms with Crippen LogP contribution in [0.25, 0.3) is 0 Å². The maximum atomic E-state index is 6.20. The Labute approximate surface area is 127 Å². The van der Waals surface area contributed by atoms with E-state index in [9.17, 15) is 0 Å². The molecule has 1 saturated carbocycles. The molecule has 0 saturated heterocycles. The van der Waals surface area contributed by atoms with Crippen molar-refractivity contribution in [2.45, 2.75) is 49.4 Å². The van der Waals surface area contributed by atoms with E-state index in [4.69, 9.17) is 5.73 Å². The lowest BCUT2D eigenvalue weighted by atomic mass is 9.93. The zero-order chi connectivity index (χ0) is 13.1. The van der Waals surface area contributed by atoms with Gasteiger partial charge < -0.3 is 5.73 Å². The Morgan fingerprint density at radius 2 is 2.00 bits per heavy atom. The minimum absolute atomic E-state index is 0.284. The first-order chi connectivity index (χ1) is 8.58. The summed E-state index contributed by atoms with van der Waals surface area (Å²) in [6, 6.07) is 0.738. The Hall–Kier alpha value is 0.200. The van der Waals surface area contributed by atoms with Gasteiger partial charge in [0.25, 0.3) is 0 Å². The fourth-order valence-corrected chi connectivity index (χ4v) is 4.55. The van der Waals surface area contributed by atoms with Crippen molar-refractivity contribution in [3.05, 3.63) is 21.8 Å². The first kappa shape index (κ1) is 14.6. The molecule has 4 heteroatoms. The van der Waals surface area contributed by atoms with Crippen molar-refractivity contribution in [1.82, 2.24) is 4.90 Å². The Morgan fingerprint density at radius 3 is 2.67 bits per heavy atom. The van der Waals surface area contributed by atoms with Crippen molar-refractivity contribution >= 4 is 31.9 Å². The van der Waals surface area contributed by atoms with Crippen molar-refractivity contribution < 1.29 is 0 Å². The molecular formula is C14H22Br2N2. The average molecular weight is 378 g/mol. The molecule has 18 heavy (non-hydrogen) atoms. The van der Waals surface area contributed by atoms with E-state index in [0.29, 0.717) is 0 Å². The summed E-state index contributed by atoms with van der Waals surface area (Å²) in [5.74, 6) is 0. The Bertz CT molecular complexity index is 357. The monoisotopic (exact) mass is 376 g/mol. The molecule has 0 aromatic carbocycles. The molecule has 1 atom stereocenters. The zero-order valence-electron chi connectivity index (χ0n) is 11.0. The van der Waals surface area contributed by atoms with Gasteiger partial charge in [-0.05, 0) is 42.4 Å². The highest BCUT2D eigenvalue weighted by atomic mass is 79.9. The van der Waals surface area contributed by atoms with Crippen molar-refractivity contribution in [1.29, 1.82) is 0 Å². The number of hydrogen-bond donors (Lipinski definition) is 1. The van der Waals surface area contributed by atoms with Gasteiger partial charge in [0.05, 0.1) is 4.83 Å². The van der Waals surface area contributed by atoms with Gasteiger partial charge in [0, 0.05) is 18.3 Å². The smallest absolute Gasteiger partial charge is 0.0589 e. The van der Waals surface area contributed by atoms with Crippen molar-refractivity contribution in [3.8, 4) is 0 Å². The van der Waals surface area contributed by atoms with Gasteiger partial charge >= 0.3 is 0 Å². The van der Waals surface area contributed by atoms with Crippen molar-refractivity contribution in [3.63, 3.8) is 0 Å². The lowest BCUT2D eigenvalue weighted by Crippen LogP contribution is -2.36. The van der Waals surface area contributed by atoms with E-state index < -0.39 is 0 Å². The summed E-state index contributed by atoms with van der Waals surface area (Å²) in [5, 5.41) is 0. The molecule has 0 bridgehead atoms. The van der Waals surface area contributed by atoms with Gasteiger partial charge in [-0.3, -0.25) is 4.90 Å². The van der Waals surface area contributed by atoms with E-state index in [-0.39, 0.29) is 4.83 Å². The Balaban J connectivity index is 2.01. The maximum Gasteiger partial charge on any atom is 0.0589 e. The highest BCUT2D eigenvalue weighted by Gasteiger charge is 2.22. The molecule has 2 aliphatic rings. The number of alkyl halides is 1. The third kappa shape index (κ3) is 3.61. The number of likely N-dealkylation sites (N-methyl/N-ethyl adjacent to an activating group) is 1. The number of nitrogens with two attached hydrogens (primary N) is 1. The van der Waals surface area contributed by atoms with Crippen molar-refractivity contribution in [2.75, 3.05) is 13.6 Å². The second-order valence-corrected chi connectivity index (χ2v) is 7.57. The van der Waals surface area contributed by atoms with Crippen LogP contribution in [0.2, 0.25) is 0 Å². The summed E-state index contributed by atoms with van der Waals surface area (Å²) < 4.78 is 1.24. The van der Waals surface area contributed by atoms with Crippen molar-refractivity contribution in [2.24, 2.45) is 5.73 Å². The lowest BCUT2D eigenvalue weighted by molar-refractivity contribution is 0.206. The lowest BCUT2D eigenvalue weighted by Gasteiger charge is -2.32. The van der Waals surface area contributed by atoms with E-state index in [0.717, 1.165) is 24.7 Å². The molecule has 0 amide bonds. The molecule has 0 spiro atoms. The number of rotatable bonds is 3. The fourth-order valence-electron chi connectivity index (χ4n) is 2.87. The second-order valence-electron chi connectivity index (χ2n) is 5.45. The standard InChI is InChI=1S/C14H22Br2N2/c1-18(12-5-3-2-4-6-12)9-10-7-11(15)8-13(16)14(10)17/h7,12-13H,2-6,8-9,17H2,1H3. The summed E-state index contributed by atoms with van der Waals surface area (Å²) in [6.45, 7) is 0.966. The molecule has 2 aliphatic carbocycles. The number of halogens is 2. The fraction of sp³-hybridized carbons (Fsp3) is 0.714. The maximum absolute atomic E-state index is 6.20. The van der Waals surface area contributed by atoms with E-state index in [1.807, 2.05) is 0 Å². The first-order valence-corrected chi connectivity index (χ1v) is 8.47. The van der Waals surface area contributed by atoms with Crippen LogP contribution >= 0.6 is 31.9 Å². The van der Waals surface area contributed by atoms with Crippen LogP contribution in [0.15, 0.2) is 21.8 Å². The van der Waals surface area contributed by atoms with Crippen LogP contribution in [-0.2, 0) is 0 Å². The number of hydrogen-bond acceptors (Lipinski definition) is 2. The van der Waals surface area contributed by atoms with Gasteiger partial charge in [0.2, 0.25) is 0 Å². The molecule has 2 rings (SSSR count). The van der Waals surface area contributed by atoms with E-state index >= 15 is 0 Å². The largest absolute Gasteiger partial charge is 0.401 e. The van der Waals surface area contributed by atoms with Crippen LogP contribution in [0.4, 0.5) is 0 Å². The average Bonchev–Trinajstić information content (AvgIpc) is 2.36. The Kier molecular flexibility index (Phi) is 5.34. The predicted octanol–water partition coefficient (Wildman–Crippen LogP) is 3.91. The van der Waals surface area contributed by atoms with Crippen LogP contribution in [0, 0.1) is 0 Å². The normalized spacial score (nSPS) is 26.7. The molecule has 0 aromatic rings. The summed E-state index contributed by atoms with van der Waals surface area (Å²) in [5.41, 5.74) is 8.47. The first-order valence-electron chi connectivity index (χ1n) is 6.77. The molecular weight excluding hydrogens is 356 g/mol. The molecule has 1 unspecified atom stereocenters. The van der Waals surface area contributed by atoms with Crippen LogP contribution in [0.5, 0.6) is 0 Å². The van der Waals surface area contributed by atoms with E-state index in [1.165, 1.54) is 42.2 Å². The molecule has 102 valence electrons.